The van der Waals surface area contributed by atoms with Gasteiger partial charge in [0.15, 0.2) is 0 Å². The molecule has 0 bridgehead atoms. The molecule has 0 unspecified atom stereocenters. The quantitative estimate of drug-likeness (QED) is 0.393. The molecule has 0 amide bonds. The zero-order valence-electron chi connectivity index (χ0n) is 14.9. The molecular formula is C20H26N2O3. The van der Waals surface area contributed by atoms with Crippen molar-refractivity contribution in [2.45, 2.75) is 26.4 Å². The van der Waals surface area contributed by atoms with Crippen molar-refractivity contribution >= 4 is 5.84 Å². The molecule has 25 heavy (non-hydrogen) atoms. The normalized spacial score (nSPS) is 10.5. The Kier molecular flexibility index (Phi) is 7.29. The number of nitrogens with two attached hydrogens (primary N) is 1. The van der Waals surface area contributed by atoms with Crippen molar-refractivity contribution in [1.82, 2.24) is 0 Å². The smallest absolute Gasteiger partial charge is 0.126 e. The zero-order chi connectivity index (χ0) is 18.1. The molecule has 0 aliphatic rings. The lowest BCUT2D eigenvalue weighted by atomic mass is 10.1. The van der Waals surface area contributed by atoms with Crippen LogP contribution in [0.15, 0.2) is 42.5 Å². The Balaban J connectivity index is 1.80. The molecule has 134 valence electrons. The van der Waals surface area contributed by atoms with Crippen LogP contribution in [0.4, 0.5) is 0 Å². The third kappa shape index (κ3) is 5.50. The molecule has 0 fully saturated rings. The van der Waals surface area contributed by atoms with E-state index in [9.17, 15) is 0 Å². The molecule has 0 saturated heterocycles. The number of ether oxygens (including phenoxy) is 3. The fourth-order valence-electron chi connectivity index (χ4n) is 2.55. The summed E-state index contributed by atoms with van der Waals surface area (Å²) in [5.41, 5.74) is 8.30. The minimum Gasteiger partial charge on any atom is -0.496 e. The first-order chi connectivity index (χ1) is 12.2. The number of methoxy groups -OCH3 is 1. The van der Waals surface area contributed by atoms with Crippen molar-refractivity contribution in [3.05, 3.63) is 59.2 Å². The molecule has 0 aliphatic heterocycles. The molecule has 5 heteroatoms. The van der Waals surface area contributed by atoms with Crippen LogP contribution in [-0.2, 0) is 17.8 Å². The summed E-state index contributed by atoms with van der Waals surface area (Å²) < 4.78 is 16.9. The molecule has 0 atom stereocenters. The Labute approximate surface area is 149 Å². The van der Waals surface area contributed by atoms with Crippen LogP contribution < -0.4 is 15.2 Å². The second kappa shape index (κ2) is 9.69. The van der Waals surface area contributed by atoms with Gasteiger partial charge in [-0.1, -0.05) is 43.7 Å². The van der Waals surface area contributed by atoms with Gasteiger partial charge in [-0.05, 0) is 24.1 Å². The van der Waals surface area contributed by atoms with Gasteiger partial charge in [-0.3, -0.25) is 5.41 Å². The number of rotatable bonds is 10. The highest BCUT2D eigenvalue weighted by Crippen LogP contribution is 2.29. The molecule has 2 rings (SSSR count). The van der Waals surface area contributed by atoms with Gasteiger partial charge in [0.1, 0.15) is 23.9 Å². The number of nitrogens with one attached hydrogen (secondary N) is 1. The molecule has 5 nitrogen and oxygen atoms in total. The van der Waals surface area contributed by atoms with Crippen molar-refractivity contribution in [1.29, 1.82) is 5.41 Å². The van der Waals surface area contributed by atoms with Gasteiger partial charge >= 0.3 is 0 Å². The predicted molar refractivity (Wildman–Crippen MR) is 99.6 cm³/mol. The van der Waals surface area contributed by atoms with Crippen LogP contribution in [0.1, 0.15) is 30.0 Å². The first-order valence-corrected chi connectivity index (χ1v) is 8.45. The SMILES string of the molecule is CCCc1c(OC)cccc1OCCOCc1ccc(C(=N)N)cc1. The molecule has 2 aromatic carbocycles. The largest absolute Gasteiger partial charge is 0.496 e. The van der Waals surface area contributed by atoms with E-state index >= 15 is 0 Å². The number of hydrogen-bond acceptors (Lipinski definition) is 4. The van der Waals surface area contributed by atoms with Crippen molar-refractivity contribution < 1.29 is 14.2 Å². The lowest BCUT2D eigenvalue weighted by molar-refractivity contribution is 0.0885. The van der Waals surface area contributed by atoms with E-state index in [2.05, 4.69) is 6.92 Å². The molecular weight excluding hydrogens is 316 g/mol. The molecule has 0 aromatic heterocycles. The van der Waals surface area contributed by atoms with Crippen molar-refractivity contribution in [2.24, 2.45) is 5.73 Å². The number of nitrogen functional groups attached to an aromatic ring is 1. The maximum atomic E-state index is 7.38. The summed E-state index contributed by atoms with van der Waals surface area (Å²) >= 11 is 0. The van der Waals surface area contributed by atoms with Crippen LogP contribution in [-0.4, -0.2) is 26.2 Å². The Hall–Kier alpha value is -2.53. The Morgan fingerprint density at radius 1 is 1.04 bits per heavy atom. The molecule has 3 N–H and O–H groups in total. The van der Waals surface area contributed by atoms with Crippen LogP contribution >= 0.6 is 0 Å². The molecule has 0 heterocycles. The molecule has 0 saturated carbocycles. The summed E-state index contributed by atoms with van der Waals surface area (Å²) in [6, 6.07) is 13.3. The van der Waals surface area contributed by atoms with Gasteiger partial charge < -0.3 is 19.9 Å². The van der Waals surface area contributed by atoms with E-state index in [4.69, 9.17) is 25.4 Å². The third-order valence-electron chi connectivity index (χ3n) is 3.83. The van der Waals surface area contributed by atoms with E-state index in [0.717, 1.165) is 35.5 Å². The lowest BCUT2D eigenvalue weighted by Gasteiger charge is -2.14. The topological polar surface area (TPSA) is 77.6 Å². The van der Waals surface area contributed by atoms with Crippen molar-refractivity contribution in [3.8, 4) is 11.5 Å². The molecule has 0 spiro atoms. The van der Waals surface area contributed by atoms with E-state index in [1.807, 2.05) is 42.5 Å². The van der Waals surface area contributed by atoms with Gasteiger partial charge in [0.2, 0.25) is 0 Å². The summed E-state index contributed by atoms with van der Waals surface area (Å²) in [5, 5.41) is 7.38. The number of amidine groups is 1. The lowest BCUT2D eigenvalue weighted by Crippen LogP contribution is -2.11. The first-order valence-electron chi connectivity index (χ1n) is 8.45. The average Bonchev–Trinajstić information content (AvgIpc) is 2.63. The number of benzene rings is 2. The third-order valence-corrected chi connectivity index (χ3v) is 3.83. The van der Waals surface area contributed by atoms with E-state index in [0.29, 0.717) is 25.4 Å². The standard InChI is InChI=1S/C20H26N2O3/c1-3-5-17-18(23-2)6-4-7-19(17)25-13-12-24-14-15-8-10-16(11-9-15)20(21)22/h4,6-11H,3,5,12-14H2,1-2H3,(H3,21,22). The molecule has 2 aromatic rings. The molecule has 0 aliphatic carbocycles. The minimum atomic E-state index is 0.0713. The van der Waals surface area contributed by atoms with Crippen LogP contribution in [0.3, 0.4) is 0 Å². The van der Waals surface area contributed by atoms with Gasteiger partial charge in [-0.2, -0.15) is 0 Å². The van der Waals surface area contributed by atoms with E-state index in [-0.39, 0.29) is 5.84 Å². The summed E-state index contributed by atoms with van der Waals surface area (Å²) in [5.74, 6) is 1.79. The highest BCUT2D eigenvalue weighted by molar-refractivity contribution is 5.94. The van der Waals surface area contributed by atoms with Crippen LogP contribution in [0, 0.1) is 5.41 Å². The van der Waals surface area contributed by atoms with Crippen molar-refractivity contribution in [2.75, 3.05) is 20.3 Å². The van der Waals surface area contributed by atoms with Gasteiger partial charge in [0.25, 0.3) is 0 Å². The van der Waals surface area contributed by atoms with Crippen LogP contribution in [0.25, 0.3) is 0 Å². The maximum absolute atomic E-state index is 7.38. The van der Waals surface area contributed by atoms with Gasteiger partial charge in [-0.15, -0.1) is 0 Å². The predicted octanol–water partition coefficient (Wildman–Crippen LogP) is 3.53. The Bertz CT molecular complexity index is 684. The van der Waals surface area contributed by atoms with E-state index in [1.165, 1.54) is 0 Å². The van der Waals surface area contributed by atoms with Crippen LogP contribution in [0.2, 0.25) is 0 Å². The Morgan fingerprint density at radius 2 is 1.76 bits per heavy atom. The van der Waals surface area contributed by atoms with Gasteiger partial charge in [-0.25, -0.2) is 0 Å². The van der Waals surface area contributed by atoms with Crippen molar-refractivity contribution in [3.63, 3.8) is 0 Å². The minimum absolute atomic E-state index is 0.0713. The summed E-state index contributed by atoms with van der Waals surface area (Å²) in [6.45, 7) is 3.62. The second-order valence-electron chi connectivity index (χ2n) is 5.70. The van der Waals surface area contributed by atoms with Gasteiger partial charge in [0.05, 0.1) is 20.3 Å². The fraction of sp³-hybridized carbons (Fsp3) is 0.350. The highest BCUT2D eigenvalue weighted by atomic mass is 16.5. The second-order valence-corrected chi connectivity index (χ2v) is 5.70. The van der Waals surface area contributed by atoms with E-state index < -0.39 is 0 Å². The van der Waals surface area contributed by atoms with E-state index in [1.54, 1.807) is 7.11 Å². The summed E-state index contributed by atoms with van der Waals surface area (Å²) in [6.07, 6.45) is 1.95. The Morgan fingerprint density at radius 3 is 2.40 bits per heavy atom. The first kappa shape index (κ1) is 18.8. The van der Waals surface area contributed by atoms with Gasteiger partial charge in [0, 0.05) is 11.1 Å². The highest BCUT2D eigenvalue weighted by Gasteiger charge is 2.09. The zero-order valence-corrected chi connectivity index (χ0v) is 14.9. The molecule has 0 radical (unpaired) electrons. The summed E-state index contributed by atoms with van der Waals surface area (Å²) in [7, 11) is 1.68. The monoisotopic (exact) mass is 342 g/mol. The maximum Gasteiger partial charge on any atom is 0.126 e. The average molecular weight is 342 g/mol. The summed E-state index contributed by atoms with van der Waals surface area (Å²) in [4.78, 5) is 0. The fourth-order valence-corrected chi connectivity index (χ4v) is 2.55. The number of hydrogen-bond donors (Lipinski definition) is 2. The van der Waals surface area contributed by atoms with Crippen LogP contribution in [0.5, 0.6) is 11.5 Å².